The van der Waals surface area contributed by atoms with Crippen molar-refractivity contribution in [3.63, 3.8) is 0 Å². The van der Waals surface area contributed by atoms with Crippen LogP contribution >= 0.6 is 0 Å². The van der Waals surface area contributed by atoms with E-state index < -0.39 is 6.10 Å². The fraction of sp³-hybridized carbons (Fsp3) is 0.455. The third-order valence-corrected chi connectivity index (χ3v) is 4.94. The van der Waals surface area contributed by atoms with Gasteiger partial charge in [0.2, 0.25) is 0 Å². The molecule has 146 valence electrons. The molecule has 0 aromatic heterocycles. The number of aryl methyl sites for hydroxylation is 1. The van der Waals surface area contributed by atoms with Gasteiger partial charge in [0.15, 0.2) is 0 Å². The lowest BCUT2D eigenvalue weighted by Crippen LogP contribution is -2.49. The van der Waals surface area contributed by atoms with Crippen molar-refractivity contribution in [2.24, 2.45) is 0 Å². The fourth-order valence-corrected chi connectivity index (χ4v) is 3.42. The molecule has 4 nitrogen and oxygen atoms in total. The van der Waals surface area contributed by atoms with Crippen LogP contribution in [0.15, 0.2) is 48.5 Å². The number of anilines is 1. The highest BCUT2D eigenvalue weighted by Gasteiger charge is 2.19. The van der Waals surface area contributed by atoms with Crippen molar-refractivity contribution in [2.75, 3.05) is 44.2 Å². The van der Waals surface area contributed by atoms with E-state index >= 15 is 0 Å². The second-order valence-electron chi connectivity index (χ2n) is 7.12. The first-order valence-electron chi connectivity index (χ1n) is 9.76. The van der Waals surface area contributed by atoms with Crippen LogP contribution < -0.4 is 9.64 Å². The maximum Gasteiger partial charge on any atom is 0.123 e. The normalized spacial score (nSPS) is 16.3. The van der Waals surface area contributed by atoms with Gasteiger partial charge < -0.3 is 14.7 Å². The lowest BCUT2D eigenvalue weighted by molar-refractivity contribution is 0.0663. The van der Waals surface area contributed by atoms with Gasteiger partial charge in [-0.3, -0.25) is 4.90 Å². The number of hydrogen-bond donors (Lipinski definition) is 1. The van der Waals surface area contributed by atoms with Crippen LogP contribution in [0.4, 0.5) is 10.1 Å². The van der Waals surface area contributed by atoms with Gasteiger partial charge >= 0.3 is 0 Å². The Morgan fingerprint density at radius 2 is 1.67 bits per heavy atom. The van der Waals surface area contributed by atoms with Gasteiger partial charge in [0, 0.05) is 38.4 Å². The summed E-state index contributed by atoms with van der Waals surface area (Å²) in [7, 11) is 0. The molecule has 1 fully saturated rings. The predicted octanol–water partition coefficient (Wildman–Crippen LogP) is 3.34. The first-order valence-corrected chi connectivity index (χ1v) is 9.76. The van der Waals surface area contributed by atoms with Crippen LogP contribution in [-0.4, -0.2) is 55.4 Å². The number of nitrogens with zero attached hydrogens (tertiary/aromatic N) is 2. The Morgan fingerprint density at radius 1 is 1.00 bits per heavy atom. The molecule has 5 heteroatoms. The van der Waals surface area contributed by atoms with Gasteiger partial charge in [-0.2, -0.15) is 0 Å². The van der Waals surface area contributed by atoms with Gasteiger partial charge in [0.05, 0.1) is 0 Å². The standard InChI is InChI=1S/C22H29FN2O2/c1-2-3-18-4-10-22(11-5-18)27-17-21(26)16-24-12-14-25(15-13-24)20-8-6-19(23)7-9-20/h4-11,21,26H,2-3,12-17H2,1H3. The van der Waals surface area contributed by atoms with Crippen LogP contribution in [0.3, 0.4) is 0 Å². The largest absolute Gasteiger partial charge is 0.491 e. The highest BCUT2D eigenvalue weighted by atomic mass is 19.1. The first kappa shape index (κ1) is 19.6. The molecule has 1 aliphatic heterocycles. The number of benzene rings is 2. The molecule has 0 amide bonds. The molecule has 1 atom stereocenters. The van der Waals surface area contributed by atoms with E-state index in [-0.39, 0.29) is 5.82 Å². The third-order valence-electron chi connectivity index (χ3n) is 4.94. The van der Waals surface area contributed by atoms with E-state index in [2.05, 4.69) is 28.9 Å². The van der Waals surface area contributed by atoms with Crippen molar-refractivity contribution >= 4 is 5.69 Å². The fourth-order valence-electron chi connectivity index (χ4n) is 3.42. The van der Waals surface area contributed by atoms with Crippen LogP contribution in [0.25, 0.3) is 0 Å². The van der Waals surface area contributed by atoms with E-state index in [1.165, 1.54) is 17.7 Å². The molecular formula is C22H29FN2O2. The number of hydrogen-bond acceptors (Lipinski definition) is 4. The van der Waals surface area contributed by atoms with Crippen molar-refractivity contribution in [1.82, 2.24) is 4.90 Å². The highest BCUT2D eigenvalue weighted by molar-refractivity contribution is 5.46. The summed E-state index contributed by atoms with van der Waals surface area (Å²) in [4.78, 5) is 4.50. The average Bonchev–Trinajstić information content (AvgIpc) is 2.69. The number of aliphatic hydroxyl groups is 1. The molecule has 0 saturated carbocycles. The summed E-state index contributed by atoms with van der Waals surface area (Å²) in [6.45, 7) is 6.56. The van der Waals surface area contributed by atoms with Crippen molar-refractivity contribution in [3.05, 3.63) is 59.9 Å². The second-order valence-corrected chi connectivity index (χ2v) is 7.12. The Kier molecular flexibility index (Phi) is 7.07. The predicted molar refractivity (Wildman–Crippen MR) is 107 cm³/mol. The quantitative estimate of drug-likeness (QED) is 0.771. The van der Waals surface area contributed by atoms with Crippen LogP contribution in [0.1, 0.15) is 18.9 Å². The number of halogens is 1. The number of rotatable bonds is 8. The minimum absolute atomic E-state index is 0.208. The topological polar surface area (TPSA) is 35.9 Å². The molecule has 2 aromatic rings. The van der Waals surface area contributed by atoms with Gasteiger partial charge in [-0.15, -0.1) is 0 Å². The van der Waals surface area contributed by atoms with Crippen molar-refractivity contribution in [3.8, 4) is 5.75 Å². The van der Waals surface area contributed by atoms with Crippen LogP contribution in [0, 0.1) is 5.82 Å². The van der Waals surface area contributed by atoms with Crippen molar-refractivity contribution in [1.29, 1.82) is 0 Å². The van der Waals surface area contributed by atoms with Crippen molar-refractivity contribution in [2.45, 2.75) is 25.9 Å². The molecule has 27 heavy (non-hydrogen) atoms. The van der Waals surface area contributed by atoms with E-state index in [4.69, 9.17) is 4.74 Å². The monoisotopic (exact) mass is 372 g/mol. The summed E-state index contributed by atoms with van der Waals surface area (Å²) in [5, 5.41) is 10.3. The molecule has 0 aliphatic carbocycles. The SMILES string of the molecule is CCCc1ccc(OCC(O)CN2CCN(c3ccc(F)cc3)CC2)cc1. The maximum atomic E-state index is 13.0. The zero-order chi connectivity index (χ0) is 19.1. The Labute approximate surface area is 161 Å². The zero-order valence-electron chi connectivity index (χ0n) is 16.0. The summed E-state index contributed by atoms with van der Waals surface area (Å²) in [5.41, 5.74) is 2.36. The van der Waals surface area contributed by atoms with E-state index in [9.17, 15) is 9.50 Å². The number of β-amino-alcohol motifs (C(OH)–C–C–N with tert-alkyl or cyclic N) is 1. The second kappa shape index (κ2) is 9.72. The summed E-state index contributed by atoms with van der Waals surface area (Å²) in [5.74, 6) is 0.593. The Hall–Kier alpha value is -2.11. The minimum Gasteiger partial charge on any atom is -0.491 e. The van der Waals surface area contributed by atoms with Gasteiger partial charge in [-0.25, -0.2) is 4.39 Å². The summed E-state index contributed by atoms with van der Waals surface area (Å²) >= 11 is 0. The molecule has 1 unspecified atom stereocenters. The molecular weight excluding hydrogens is 343 g/mol. The van der Waals surface area contributed by atoms with E-state index in [0.29, 0.717) is 13.2 Å². The van der Waals surface area contributed by atoms with Crippen LogP contribution in [0.2, 0.25) is 0 Å². The van der Waals surface area contributed by atoms with Crippen molar-refractivity contribution < 1.29 is 14.2 Å². The Morgan fingerprint density at radius 3 is 2.30 bits per heavy atom. The molecule has 3 rings (SSSR count). The molecule has 1 saturated heterocycles. The average molecular weight is 372 g/mol. The molecule has 1 aliphatic rings. The van der Waals surface area contributed by atoms with Gasteiger partial charge in [0.25, 0.3) is 0 Å². The van der Waals surface area contributed by atoms with Gasteiger partial charge in [-0.1, -0.05) is 25.5 Å². The summed E-state index contributed by atoms with van der Waals surface area (Å²) in [6.07, 6.45) is 1.69. The molecule has 1 N–H and O–H groups in total. The Balaban J connectivity index is 1.38. The summed E-state index contributed by atoms with van der Waals surface area (Å²) < 4.78 is 18.8. The smallest absolute Gasteiger partial charge is 0.123 e. The lowest BCUT2D eigenvalue weighted by Gasteiger charge is -2.36. The molecule has 0 spiro atoms. The van der Waals surface area contributed by atoms with Gasteiger partial charge in [-0.05, 0) is 48.4 Å². The zero-order valence-corrected chi connectivity index (χ0v) is 16.0. The molecule has 0 bridgehead atoms. The first-order chi connectivity index (χ1) is 13.1. The third kappa shape index (κ3) is 5.94. The van der Waals surface area contributed by atoms with Crippen LogP contribution in [0.5, 0.6) is 5.75 Å². The Bertz CT molecular complexity index is 682. The number of ether oxygens (including phenoxy) is 1. The molecule has 1 heterocycles. The molecule has 0 radical (unpaired) electrons. The van der Waals surface area contributed by atoms with E-state index in [0.717, 1.165) is 50.5 Å². The number of aliphatic hydroxyl groups excluding tert-OH is 1. The van der Waals surface area contributed by atoms with Crippen LogP contribution in [-0.2, 0) is 6.42 Å². The maximum absolute atomic E-state index is 13.0. The summed E-state index contributed by atoms with van der Waals surface area (Å²) in [6, 6.07) is 14.7. The van der Waals surface area contributed by atoms with E-state index in [1.807, 2.05) is 24.3 Å². The minimum atomic E-state index is -0.516. The highest BCUT2D eigenvalue weighted by Crippen LogP contribution is 2.17. The number of piperazine rings is 1. The molecule has 2 aromatic carbocycles. The van der Waals surface area contributed by atoms with E-state index in [1.54, 1.807) is 0 Å². The lowest BCUT2D eigenvalue weighted by atomic mass is 10.1. The van der Waals surface area contributed by atoms with Gasteiger partial charge in [0.1, 0.15) is 24.3 Å².